The summed E-state index contributed by atoms with van der Waals surface area (Å²) in [5, 5.41) is 0. The third kappa shape index (κ3) is 2.60. The van der Waals surface area contributed by atoms with Crippen LogP contribution in [0.4, 0.5) is 0 Å². The van der Waals surface area contributed by atoms with Gasteiger partial charge in [0.25, 0.3) is 0 Å². The lowest BCUT2D eigenvalue weighted by molar-refractivity contribution is 0.170. The zero-order valence-corrected chi connectivity index (χ0v) is 10.6. The monoisotopic (exact) mass is 248 g/mol. The maximum atomic E-state index is 6.00. The molecule has 4 nitrogen and oxygen atoms in total. The largest absolute Gasteiger partial charge is 0.486 e. The van der Waals surface area contributed by atoms with E-state index in [2.05, 4.69) is 17.0 Å². The molecule has 1 saturated heterocycles. The molecule has 2 N–H and O–H groups in total. The molecule has 0 bridgehead atoms. The van der Waals surface area contributed by atoms with Crippen LogP contribution in [0.3, 0.4) is 0 Å². The summed E-state index contributed by atoms with van der Waals surface area (Å²) in [5.74, 6) is 1.74. The lowest BCUT2D eigenvalue weighted by atomic mass is 10.1. The van der Waals surface area contributed by atoms with Crippen LogP contribution >= 0.6 is 0 Å². The first-order valence-corrected chi connectivity index (χ1v) is 6.68. The number of benzene rings is 1. The predicted molar refractivity (Wildman–Crippen MR) is 69.9 cm³/mol. The number of nitrogens with two attached hydrogens (primary N) is 1. The summed E-state index contributed by atoms with van der Waals surface area (Å²) in [7, 11) is 0. The SMILES string of the molecule is NC1CCCN(Cc2ccc3c(c2)OCCO3)C1. The Kier molecular flexibility index (Phi) is 3.39. The molecule has 2 aliphatic rings. The minimum atomic E-state index is 0.330. The van der Waals surface area contributed by atoms with Crippen molar-refractivity contribution in [1.29, 1.82) is 0 Å². The molecular formula is C14H20N2O2. The lowest BCUT2D eigenvalue weighted by Crippen LogP contribution is -2.42. The number of rotatable bonds is 2. The minimum Gasteiger partial charge on any atom is -0.486 e. The second-order valence-corrected chi connectivity index (χ2v) is 5.12. The van der Waals surface area contributed by atoms with Crippen LogP contribution < -0.4 is 15.2 Å². The van der Waals surface area contributed by atoms with E-state index in [1.54, 1.807) is 0 Å². The molecule has 1 fully saturated rings. The minimum absolute atomic E-state index is 0.330. The van der Waals surface area contributed by atoms with Gasteiger partial charge in [-0.15, -0.1) is 0 Å². The van der Waals surface area contributed by atoms with Gasteiger partial charge in [-0.25, -0.2) is 0 Å². The fraction of sp³-hybridized carbons (Fsp3) is 0.571. The van der Waals surface area contributed by atoms with Crippen molar-refractivity contribution < 1.29 is 9.47 Å². The van der Waals surface area contributed by atoms with Crippen molar-refractivity contribution in [3.05, 3.63) is 23.8 Å². The molecule has 3 rings (SSSR count). The maximum absolute atomic E-state index is 6.00. The quantitative estimate of drug-likeness (QED) is 0.859. The topological polar surface area (TPSA) is 47.7 Å². The van der Waals surface area contributed by atoms with E-state index >= 15 is 0 Å². The van der Waals surface area contributed by atoms with Gasteiger partial charge in [0.2, 0.25) is 0 Å². The Morgan fingerprint density at radius 3 is 2.89 bits per heavy atom. The van der Waals surface area contributed by atoms with E-state index in [0.29, 0.717) is 19.3 Å². The summed E-state index contributed by atoms with van der Waals surface area (Å²) in [6.07, 6.45) is 2.35. The van der Waals surface area contributed by atoms with Crippen molar-refractivity contribution >= 4 is 0 Å². The molecule has 4 heteroatoms. The summed E-state index contributed by atoms with van der Waals surface area (Å²) in [6.45, 7) is 4.37. The first-order chi connectivity index (χ1) is 8.81. The molecule has 1 unspecified atom stereocenters. The van der Waals surface area contributed by atoms with Crippen molar-refractivity contribution in [3.8, 4) is 11.5 Å². The Labute approximate surface area is 108 Å². The summed E-state index contributed by atoms with van der Waals surface area (Å²) < 4.78 is 11.1. The van der Waals surface area contributed by atoms with Crippen molar-refractivity contribution in [1.82, 2.24) is 4.90 Å². The van der Waals surface area contributed by atoms with Crippen LogP contribution in [0.15, 0.2) is 18.2 Å². The number of ether oxygens (including phenoxy) is 2. The molecule has 0 aliphatic carbocycles. The molecule has 0 aromatic heterocycles. The molecule has 2 aliphatic heterocycles. The number of likely N-dealkylation sites (tertiary alicyclic amines) is 1. The first kappa shape index (κ1) is 11.8. The van der Waals surface area contributed by atoms with E-state index in [9.17, 15) is 0 Å². The van der Waals surface area contributed by atoms with E-state index < -0.39 is 0 Å². The number of piperidine rings is 1. The van der Waals surface area contributed by atoms with Gasteiger partial charge in [-0.1, -0.05) is 6.07 Å². The van der Waals surface area contributed by atoms with Crippen molar-refractivity contribution in [2.75, 3.05) is 26.3 Å². The van der Waals surface area contributed by atoms with Gasteiger partial charge in [-0.05, 0) is 37.1 Å². The molecule has 18 heavy (non-hydrogen) atoms. The molecule has 1 aromatic rings. The average molecular weight is 248 g/mol. The highest BCUT2D eigenvalue weighted by molar-refractivity contribution is 5.43. The normalized spacial score (nSPS) is 23.9. The van der Waals surface area contributed by atoms with E-state index in [1.165, 1.54) is 12.0 Å². The first-order valence-electron chi connectivity index (χ1n) is 6.68. The highest BCUT2D eigenvalue weighted by Gasteiger charge is 2.18. The summed E-state index contributed by atoms with van der Waals surface area (Å²) >= 11 is 0. The molecule has 0 spiro atoms. The molecule has 1 atom stereocenters. The smallest absolute Gasteiger partial charge is 0.161 e. The fourth-order valence-electron chi connectivity index (χ4n) is 2.68. The van der Waals surface area contributed by atoms with Crippen molar-refractivity contribution in [2.24, 2.45) is 5.73 Å². The van der Waals surface area contributed by atoms with Crippen LogP contribution in [0.1, 0.15) is 18.4 Å². The summed E-state index contributed by atoms with van der Waals surface area (Å²) in [6, 6.07) is 6.55. The van der Waals surface area contributed by atoms with Gasteiger partial charge >= 0.3 is 0 Å². The number of hydrogen-bond donors (Lipinski definition) is 1. The maximum Gasteiger partial charge on any atom is 0.161 e. The van der Waals surface area contributed by atoms with E-state index in [1.807, 2.05) is 6.07 Å². The summed E-state index contributed by atoms with van der Waals surface area (Å²) in [4.78, 5) is 2.42. The predicted octanol–water partition coefficient (Wildman–Crippen LogP) is 1.38. The third-order valence-corrected chi connectivity index (χ3v) is 3.55. The highest BCUT2D eigenvalue weighted by Crippen LogP contribution is 2.31. The second-order valence-electron chi connectivity index (χ2n) is 5.12. The van der Waals surface area contributed by atoms with Crippen LogP contribution in [-0.4, -0.2) is 37.2 Å². The van der Waals surface area contributed by atoms with Crippen LogP contribution in [0.25, 0.3) is 0 Å². The zero-order valence-electron chi connectivity index (χ0n) is 10.6. The zero-order chi connectivity index (χ0) is 12.4. The molecule has 2 heterocycles. The molecular weight excluding hydrogens is 228 g/mol. The Morgan fingerprint density at radius 1 is 1.22 bits per heavy atom. The number of nitrogens with zero attached hydrogens (tertiary/aromatic N) is 1. The molecule has 0 radical (unpaired) electrons. The fourth-order valence-corrected chi connectivity index (χ4v) is 2.68. The van der Waals surface area contributed by atoms with Gasteiger partial charge in [0.05, 0.1) is 0 Å². The Balaban J connectivity index is 1.69. The van der Waals surface area contributed by atoms with Crippen LogP contribution in [-0.2, 0) is 6.54 Å². The number of hydrogen-bond acceptors (Lipinski definition) is 4. The number of fused-ring (bicyclic) bond motifs is 1. The standard InChI is InChI=1S/C14H20N2O2/c15-12-2-1-5-16(10-12)9-11-3-4-13-14(8-11)18-7-6-17-13/h3-4,8,12H,1-2,5-7,9-10,15H2. The Bertz CT molecular complexity index is 422. The van der Waals surface area contributed by atoms with Gasteiger partial charge in [0.1, 0.15) is 13.2 Å². The second kappa shape index (κ2) is 5.16. The highest BCUT2D eigenvalue weighted by atomic mass is 16.6. The molecule has 0 saturated carbocycles. The summed E-state index contributed by atoms with van der Waals surface area (Å²) in [5.41, 5.74) is 7.27. The van der Waals surface area contributed by atoms with Gasteiger partial charge in [0.15, 0.2) is 11.5 Å². The molecule has 0 amide bonds. The van der Waals surface area contributed by atoms with Crippen LogP contribution in [0.2, 0.25) is 0 Å². The lowest BCUT2D eigenvalue weighted by Gasteiger charge is -2.31. The van der Waals surface area contributed by atoms with Gasteiger partial charge in [0, 0.05) is 19.1 Å². The van der Waals surface area contributed by atoms with E-state index in [0.717, 1.165) is 37.6 Å². The molecule has 98 valence electrons. The third-order valence-electron chi connectivity index (χ3n) is 3.55. The van der Waals surface area contributed by atoms with Gasteiger partial charge in [-0.3, -0.25) is 4.90 Å². The van der Waals surface area contributed by atoms with Crippen LogP contribution in [0, 0.1) is 0 Å². The van der Waals surface area contributed by atoms with Crippen LogP contribution in [0.5, 0.6) is 11.5 Å². The van der Waals surface area contributed by atoms with E-state index in [4.69, 9.17) is 15.2 Å². The average Bonchev–Trinajstić information content (AvgIpc) is 2.39. The Morgan fingerprint density at radius 2 is 2.06 bits per heavy atom. The Hall–Kier alpha value is -1.26. The molecule has 1 aromatic carbocycles. The van der Waals surface area contributed by atoms with Crippen molar-refractivity contribution in [3.63, 3.8) is 0 Å². The van der Waals surface area contributed by atoms with Gasteiger partial charge in [-0.2, -0.15) is 0 Å². The van der Waals surface area contributed by atoms with Crippen molar-refractivity contribution in [2.45, 2.75) is 25.4 Å². The van der Waals surface area contributed by atoms with Gasteiger partial charge < -0.3 is 15.2 Å². The van der Waals surface area contributed by atoms with E-state index in [-0.39, 0.29) is 0 Å².